The minimum atomic E-state index is -0.850. The lowest BCUT2D eigenvalue weighted by Crippen LogP contribution is -2.30. The van der Waals surface area contributed by atoms with Crippen LogP contribution in [0.1, 0.15) is 233 Å². The molecule has 0 aromatic heterocycles. The van der Waals surface area contributed by atoms with E-state index in [2.05, 4.69) is 179 Å². The molecule has 0 rings (SSSR count). The van der Waals surface area contributed by atoms with E-state index >= 15 is 0 Å². The van der Waals surface area contributed by atoms with E-state index in [1.165, 1.54) is 51.4 Å². The van der Waals surface area contributed by atoms with E-state index < -0.39 is 12.1 Å². The first kappa shape index (κ1) is 70.8. The summed E-state index contributed by atoms with van der Waals surface area (Å²) in [6.07, 6.45) is 92.3. The van der Waals surface area contributed by atoms with Crippen molar-refractivity contribution in [3.05, 3.63) is 170 Å². The number of esters is 3. The molecule has 0 heterocycles. The van der Waals surface area contributed by atoms with Crippen LogP contribution in [0.5, 0.6) is 0 Å². The summed E-state index contributed by atoms with van der Waals surface area (Å²) in [6, 6.07) is 0. The summed E-state index contributed by atoms with van der Waals surface area (Å²) in [5.41, 5.74) is 0. The van der Waals surface area contributed by atoms with Crippen LogP contribution < -0.4 is 0 Å². The van der Waals surface area contributed by atoms with E-state index in [0.29, 0.717) is 6.42 Å². The maximum Gasteiger partial charge on any atom is 0.309 e. The van der Waals surface area contributed by atoms with Gasteiger partial charge in [-0.05, 0) is 135 Å². The SMILES string of the molecule is CC/C=C\C/C=C\C/C=C\C/C=C\C/C=C\C/C=C\C/C=C\C/C=C\CCCCC(=O)OCC(COC(=O)C/C=C\C/C=C\C/C=C\C/C=C\C/C=C\CC)OC(=O)CCCCCCC/C=C\CCCCCCCCC. The molecule has 0 amide bonds. The van der Waals surface area contributed by atoms with Crippen molar-refractivity contribution in [3.8, 4) is 0 Å². The second kappa shape index (κ2) is 62.3. The molecule has 0 aromatic carbocycles. The predicted molar refractivity (Wildman–Crippen MR) is 329 cm³/mol. The van der Waals surface area contributed by atoms with Gasteiger partial charge in [0.1, 0.15) is 13.2 Å². The Kier molecular flexibility index (Phi) is 58.0. The van der Waals surface area contributed by atoms with Crippen molar-refractivity contribution in [2.45, 2.75) is 239 Å². The zero-order valence-electron chi connectivity index (χ0n) is 48.4. The van der Waals surface area contributed by atoms with Crippen LogP contribution in [0.4, 0.5) is 0 Å². The molecule has 0 fully saturated rings. The average molecular weight is 1050 g/mol. The molecule has 6 heteroatoms. The first-order valence-corrected chi connectivity index (χ1v) is 30.1. The van der Waals surface area contributed by atoms with Crippen molar-refractivity contribution in [1.29, 1.82) is 0 Å². The highest BCUT2D eigenvalue weighted by Gasteiger charge is 2.19. The molecule has 0 aliphatic rings. The van der Waals surface area contributed by atoms with E-state index in [4.69, 9.17) is 14.2 Å². The second-order valence-electron chi connectivity index (χ2n) is 19.2. The molecule has 0 spiro atoms. The fraction of sp³-hybridized carbons (Fsp3) is 0.557. The normalized spacial score (nSPS) is 13.4. The predicted octanol–water partition coefficient (Wildman–Crippen LogP) is 20.7. The minimum absolute atomic E-state index is 0.109. The second-order valence-corrected chi connectivity index (χ2v) is 19.2. The lowest BCUT2D eigenvalue weighted by atomic mass is 10.1. The van der Waals surface area contributed by atoms with Crippen molar-refractivity contribution < 1.29 is 28.6 Å². The van der Waals surface area contributed by atoms with Gasteiger partial charge in [-0.2, -0.15) is 0 Å². The summed E-state index contributed by atoms with van der Waals surface area (Å²) in [5.74, 6) is -1.13. The van der Waals surface area contributed by atoms with Crippen molar-refractivity contribution in [1.82, 2.24) is 0 Å². The van der Waals surface area contributed by atoms with Crippen molar-refractivity contribution in [2.24, 2.45) is 0 Å². The van der Waals surface area contributed by atoms with Crippen LogP contribution in [0, 0.1) is 0 Å². The van der Waals surface area contributed by atoms with Gasteiger partial charge >= 0.3 is 17.9 Å². The third kappa shape index (κ3) is 59.6. The Morgan fingerprint density at radius 3 is 0.961 bits per heavy atom. The molecule has 1 unspecified atom stereocenters. The molecule has 0 radical (unpaired) electrons. The summed E-state index contributed by atoms with van der Waals surface area (Å²) in [4.78, 5) is 38.1. The number of ether oxygens (including phenoxy) is 3. The van der Waals surface area contributed by atoms with E-state index in [0.717, 1.165) is 135 Å². The largest absolute Gasteiger partial charge is 0.462 e. The Morgan fingerprint density at radius 2 is 0.566 bits per heavy atom. The van der Waals surface area contributed by atoms with Gasteiger partial charge in [0.2, 0.25) is 0 Å². The number of unbranched alkanes of at least 4 members (excludes halogenated alkanes) is 14. The van der Waals surface area contributed by atoms with Crippen LogP contribution >= 0.6 is 0 Å². The Bertz CT molecular complexity index is 1770. The van der Waals surface area contributed by atoms with Gasteiger partial charge in [-0.25, -0.2) is 0 Å². The molecule has 6 nitrogen and oxygen atoms in total. The average Bonchev–Trinajstić information content (AvgIpc) is 3.42. The van der Waals surface area contributed by atoms with Gasteiger partial charge in [0.25, 0.3) is 0 Å². The van der Waals surface area contributed by atoms with Crippen LogP contribution in [-0.2, 0) is 28.6 Å². The molecule has 424 valence electrons. The van der Waals surface area contributed by atoms with Crippen LogP contribution in [0.15, 0.2) is 170 Å². The van der Waals surface area contributed by atoms with Gasteiger partial charge < -0.3 is 14.2 Å². The Labute approximate surface area is 466 Å². The van der Waals surface area contributed by atoms with Crippen LogP contribution in [0.25, 0.3) is 0 Å². The van der Waals surface area contributed by atoms with E-state index in [9.17, 15) is 14.4 Å². The molecule has 0 saturated carbocycles. The topological polar surface area (TPSA) is 78.9 Å². The fourth-order valence-electron chi connectivity index (χ4n) is 7.52. The molecule has 0 N–H and O–H groups in total. The summed E-state index contributed by atoms with van der Waals surface area (Å²) in [5, 5.41) is 0. The van der Waals surface area contributed by atoms with Crippen LogP contribution in [0.3, 0.4) is 0 Å². The van der Waals surface area contributed by atoms with E-state index in [1.807, 2.05) is 6.08 Å². The molecule has 1 atom stereocenters. The first-order valence-electron chi connectivity index (χ1n) is 30.1. The summed E-state index contributed by atoms with van der Waals surface area (Å²) >= 11 is 0. The monoisotopic (exact) mass is 1040 g/mol. The standard InChI is InChI=1S/C70H108O6/c1-4-7-10-13-16-19-22-25-28-30-31-32-33-34-35-36-37-38-39-40-43-45-48-51-54-57-60-63-69(72)75-66-67(65-74-68(71)62-59-56-53-50-47-44-41-27-24-21-18-15-12-9-6-3)76-70(73)64-61-58-55-52-49-46-42-29-26-23-20-17-14-11-8-5-2/h7,9-10,12,16,18-19,21,25,27-29,31-32,34-35,37-38,40-43,47-48,50-51,56,59,67H,4-6,8,11,13-15,17,20,22-24,26,30,33,36,39,44-46,49,52-55,57-58,60-66H2,1-3H3/b10-7-,12-9-,19-16-,21-18-,28-25-,32-31-,35-34-,38-37-,41-27-,42-29-,43-40-,50-47-,51-48-,59-56-. The smallest absolute Gasteiger partial charge is 0.309 e. The third-order valence-corrected chi connectivity index (χ3v) is 12.0. The lowest BCUT2D eigenvalue weighted by Gasteiger charge is -2.18. The summed E-state index contributed by atoms with van der Waals surface area (Å²) < 4.78 is 16.7. The Morgan fingerprint density at radius 1 is 0.289 bits per heavy atom. The maximum absolute atomic E-state index is 12.9. The van der Waals surface area contributed by atoms with E-state index in [-0.39, 0.29) is 44.4 Å². The van der Waals surface area contributed by atoms with Gasteiger partial charge in [-0.3, -0.25) is 14.4 Å². The molecule has 0 aromatic rings. The zero-order chi connectivity index (χ0) is 55.0. The molecule has 0 bridgehead atoms. The number of allylic oxidation sites excluding steroid dienone is 27. The molecule has 0 saturated heterocycles. The number of carbonyl (C=O) groups is 3. The highest BCUT2D eigenvalue weighted by atomic mass is 16.6. The van der Waals surface area contributed by atoms with E-state index in [1.54, 1.807) is 6.08 Å². The fourth-order valence-corrected chi connectivity index (χ4v) is 7.52. The molecular weight excluding hydrogens is 937 g/mol. The van der Waals surface area contributed by atoms with Gasteiger partial charge in [-0.1, -0.05) is 249 Å². The minimum Gasteiger partial charge on any atom is -0.462 e. The van der Waals surface area contributed by atoms with Gasteiger partial charge in [0, 0.05) is 12.8 Å². The Hall–Kier alpha value is -5.23. The zero-order valence-corrected chi connectivity index (χ0v) is 48.4. The number of carbonyl (C=O) groups excluding carboxylic acids is 3. The number of rotatable bonds is 52. The van der Waals surface area contributed by atoms with Crippen molar-refractivity contribution in [3.63, 3.8) is 0 Å². The lowest BCUT2D eigenvalue weighted by molar-refractivity contribution is -0.166. The molecule has 0 aliphatic carbocycles. The maximum atomic E-state index is 12.9. The molecular formula is C70H108O6. The molecule has 0 aliphatic heterocycles. The quantitative estimate of drug-likeness (QED) is 0.0261. The highest BCUT2D eigenvalue weighted by Crippen LogP contribution is 2.13. The first-order chi connectivity index (χ1) is 37.5. The molecule has 76 heavy (non-hydrogen) atoms. The van der Waals surface area contributed by atoms with Crippen LogP contribution in [0.2, 0.25) is 0 Å². The van der Waals surface area contributed by atoms with Crippen LogP contribution in [-0.4, -0.2) is 37.2 Å². The third-order valence-electron chi connectivity index (χ3n) is 12.0. The van der Waals surface area contributed by atoms with Gasteiger partial charge in [0.15, 0.2) is 6.10 Å². The summed E-state index contributed by atoms with van der Waals surface area (Å²) in [7, 11) is 0. The number of hydrogen-bond donors (Lipinski definition) is 0. The Balaban J connectivity index is 4.56. The highest BCUT2D eigenvalue weighted by molar-refractivity contribution is 5.72. The van der Waals surface area contributed by atoms with Crippen molar-refractivity contribution in [2.75, 3.05) is 13.2 Å². The number of hydrogen-bond acceptors (Lipinski definition) is 6. The van der Waals surface area contributed by atoms with Gasteiger partial charge in [0.05, 0.1) is 6.42 Å². The summed E-state index contributed by atoms with van der Waals surface area (Å²) in [6.45, 7) is 6.26. The van der Waals surface area contributed by atoms with Gasteiger partial charge in [-0.15, -0.1) is 0 Å². The van der Waals surface area contributed by atoms with Crippen molar-refractivity contribution >= 4 is 17.9 Å².